The summed E-state index contributed by atoms with van der Waals surface area (Å²) in [6, 6.07) is 8.10. The van der Waals surface area contributed by atoms with Crippen molar-refractivity contribution in [2.45, 2.75) is 47.5 Å². The second kappa shape index (κ2) is 8.20. The molecule has 1 heteroatoms. The highest BCUT2D eigenvalue weighted by Crippen LogP contribution is 2.14. The Morgan fingerprint density at radius 1 is 1.00 bits per heavy atom. The number of hydrogen-bond donors (Lipinski definition) is 1. The molecule has 0 saturated heterocycles. The van der Waals surface area contributed by atoms with Crippen molar-refractivity contribution in [2.24, 2.45) is 11.8 Å². The van der Waals surface area contributed by atoms with Gasteiger partial charge in [0.05, 0.1) is 0 Å². The highest BCUT2D eigenvalue weighted by atomic mass is 14.6. The second-order valence-corrected chi connectivity index (χ2v) is 5.36. The quantitative estimate of drug-likeness (QED) is 0.746. The van der Waals surface area contributed by atoms with Crippen LogP contribution in [0.25, 0.3) is 0 Å². The third-order valence-corrected chi connectivity index (χ3v) is 2.05. The van der Waals surface area contributed by atoms with Crippen LogP contribution in [0.1, 0.15) is 46.6 Å². The summed E-state index contributed by atoms with van der Waals surface area (Å²) in [6.07, 6.45) is 2.32. The molecule has 0 unspecified atom stereocenters. The van der Waals surface area contributed by atoms with Crippen molar-refractivity contribution in [3.05, 3.63) is 29.8 Å². The van der Waals surface area contributed by atoms with E-state index in [4.69, 9.17) is 5.73 Å². The van der Waals surface area contributed by atoms with Crippen LogP contribution < -0.4 is 5.73 Å². The Labute approximate surface area is 101 Å². The fourth-order valence-corrected chi connectivity index (χ4v) is 1.21. The van der Waals surface area contributed by atoms with Gasteiger partial charge in [0.25, 0.3) is 0 Å². The van der Waals surface area contributed by atoms with Gasteiger partial charge in [-0.25, -0.2) is 0 Å². The standard InChI is InChI=1S/C11H17N.C4H10/c1-9(2)7-8-10-5-3-4-6-11(10)12;1-4(2)3/h3-6,9H,7-8,12H2,1-2H3;4H,1-3H3. The topological polar surface area (TPSA) is 26.0 Å². The first kappa shape index (κ1) is 15.0. The summed E-state index contributed by atoms with van der Waals surface area (Å²) in [4.78, 5) is 0. The number of nitrogen functional groups attached to an aromatic ring is 1. The molecule has 0 atom stereocenters. The van der Waals surface area contributed by atoms with Gasteiger partial charge in [-0.15, -0.1) is 0 Å². The maximum Gasteiger partial charge on any atom is 0.0346 e. The second-order valence-electron chi connectivity index (χ2n) is 5.36. The van der Waals surface area contributed by atoms with E-state index in [0.717, 1.165) is 23.9 Å². The Kier molecular flexibility index (Phi) is 7.70. The van der Waals surface area contributed by atoms with Crippen molar-refractivity contribution in [2.75, 3.05) is 5.73 Å². The summed E-state index contributed by atoms with van der Waals surface area (Å²) >= 11 is 0. The maximum atomic E-state index is 5.81. The zero-order chi connectivity index (χ0) is 12.6. The van der Waals surface area contributed by atoms with Crippen molar-refractivity contribution >= 4 is 5.69 Å². The van der Waals surface area contributed by atoms with Gasteiger partial charge in [0.2, 0.25) is 0 Å². The van der Waals surface area contributed by atoms with Gasteiger partial charge < -0.3 is 5.73 Å². The Bertz CT molecular complexity index is 274. The Hall–Kier alpha value is -0.980. The van der Waals surface area contributed by atoms with Gasteiger partial charge in [0.15, 0.2) is 0 Å². The summed E-state index contributed by atoms with van der Waals surface area (Å²) in [5, 5.41) is 0. The molecule has 1 aromatic carbocycles. The molecule has 0 aliphatic carbocycles. The lowest BCUT2D eigenvalue weighted by Gasteiger charge is -2.06. The number of nitrogens with two attached hydrogens (primary N) is 1. The molecule has 2 N–H and O–H groups in total. The predicted octanol–water partition coefficient (Wildman–Crippen LogP) is 4.52. The van der Waals surface area contributed by atoms with Crippen molar-refractivity contribution in [1.82, 2.24) is 0 Å². The van der Waals surface area contributed by atoms with Crippen molar-refractivity contribution in [1.29, 1.82) is 0 Å². The normalized spacial score (nSPS) is 10.2. The number of benzene rings is 1. The molecule has 16 heavy (non-hydrogen) atoms. The van der Waals surface area contributed by atoms with Crippen LogP contribution in [0.15, 0.2) is 24.3 Å². The van der Waals surface area contributed by atoms with E-state index >= 15 is 0 Å². The number of para-hydroxylation sites is 1. The van der Waals surface area contributed by atoms with Crippen LogP contribution >= 0.6 is 0 Å². The van der Waals surface area contributed by atoms with Gasteiger partial charge in [-0.05, 0) is 36.3 Å². The molecule has 0 fully saturated rings. The largest absolute Gasteiger partial charge is 0.399 e. The van der Waals surface area contributed by atoms with Crippen LogP contribution in [0.4, 0.5) is 5.69 Å². The van der Waals surface area contributed by atoms with Crippen LogP contribution in [0, 0.1) is 11.8 Å². The number of anilines is 1. The molecule has 0 amide bonds. The highest BCUT2D eigenvalue weighted by Gasteiger charge is 1.99. The van der Waals surface area contributed by atoms with Crippen LogP contribution in [0.3, 0.4) is 0 Å². The lowest BCUT2D eigenvalue weighted by atomic mass is 10.0. The van der Waals surface area contributed by atoms with Crippen LogP contribution in [-0.2, 0) is 6.42 Å². The molecule has 0 saturated carbocycles. The van der Waals surface area contributed by atoms with E-state index in [0.29, 0.717) is 0 Å². The minimum Gasteiger partial charge on any atom is -0.399 e. The molecule has 0 bridgehead atoms. The van der Waals surface area contributed by atoms with E-state index in [2.05, 4.69) is 40.7 Å². The lowest BCUT2D eigenvalue weighted by Crippen LogP contribution is -1.96. The zero-order valence-electron chi connectivity index (χ0n) is 11.5. The van der Waals surface area contributed by atoms with E-state index in [-0.39, 0.29) is 0 Å². The van der Waals surface area contributed by atoms with Crippen LogP contribution in [0.5, 0.6) is 0 Å². The van der Waals surface area contributed by atoms with Gasteiger partial charge in [0.1, 0.15) is 0 Å². The third kappa shape index (κ3) is 8.34. The molecule has 0 heterocycles. The summed E-state index contributed by atoms with van der Waals surface area (Å²) in [5.74, 6) is 1.59. The number of hydrogen-bond acceptors (Lipinski definition) is 1. The minimum atomic E-state index is 0.754. The third-order valence-electron chi connectivity index (χ3n) is 2.05. The molecule has 92 valence electrons. The highest BCUT2D eigenvalue weighted by molar-refractivity contribution is 5.46. The van der Waals surface area contributed by atoms with Gasteiger partial charge in [-0.3, -0.25) is 0 Å². The zero-order valence-corrected chi connectivity index (χ0v) is 11.5. The summed E-state index contributed by atoms with van der Waals surface area (Å²) in [7, 11) is 0. The molecule has 1 nitrogen and oxygen atoms in total. The Balaban J connectivity index is 0.000000487. The molecule has 0 spiro atoms. The van der Waals surface area contributed by atoms with E-state index in [1.807, 2.05) is 18.2 Å². The predicted molar refractivity (Wildman–Crippen MR) is 74.5 cm³/mol. The van der Waals surface area contributed by atoms with Crippen molar-refractivity contribution < 1.29 is 0 Å². The van der Waals surface area contributed by atoms with Gasteiger partial charge in [0, 0.05) is 5.69 Å². The first-order chi connectivity index (χ1) is 7.43. The molecule has 0 radical (unpaired) electrons. The van der Waals surface area contributed by atoms with Gasteiger partial charge >= 0.3 is 0 Å². The molecule has 1 rings (SSSR count). The molecule has 0 aromatic heterocycles. The lowest BCUT2D eigenvalue weighted by molar-refractivity contribution is 0.587. The SMILES string of the molecule is CC(C)C.CC(C)CCc1ccccc1N. The first-order valence-corrected chi connectivity index (χ1v) is 6.26. The summed E-state index contributed by atoms with van der Waals surface area (Å²) in [6.45, 7) is 11.0. The summed E-state index contributed by atoms with van der Waals surface area (Å²) in [5.41, 5.74) is 8.02. The van der Waals surface area contributed by atoms with Crippen LogP contribution in [-0.4, -0.2) is 0 Å². The van der Waals surface area contributed by atoms with E-state index in [9.17, 15) is 0 Å². The molecule has 0 aliphatic rings. The van der Waals surface area contributed by atoms with Crippen LogP contribution in [0.2, 0.25) is 0 Å². The first-order valence-electron chi connectivity index (χ1n) is 6.26. The fourth-order valence-electron chi connectivity index (χ4n) is 1.21. The molecular weight excluding hydrogens is 194 g/mol. The Morgan fingerprint density at radius 2 is 1.50 bits per heavy atom. The minimum absolute atomic E-state index is 0.754. The van der Waals surface area contributed by atoms with E-state index < -0.39 is 0 Å². The average Bonchev–Trinajstić information content (AvgIpc) is 2.15. The average molecular weight is 221 g/mol. The van der Waals surface area contributed by atoms with Gasteiger partial charge in [-0.2, -0.15) is 0 Å². The molecule has 1 aromatic rings. The van der Waals surface area contributed by atoms with E-state index in [1.165, 1.54) is 12.0 Å². The number of aryl methyl sites for hydroxylation is 1. The smallest absolute Gasteiger partial charge is 0.0346 e. The summed E-state index contributed by atoms with van der Waals surface area (Å²) < 4.78 is 0. The maximum absolute atomic E-state index is 5.81. The fraction of sp³-hybridized carbons (Fsp3) is 0.600. The van der Waals surface area contributed by atoms with E-state index in [1.54, 1.807) is 0 Å². The monoisotopic (exact) mass is 221 g/mol. The molecule has 0 aliphatic heterocycles. The van der Waals surface area contributed by atoms with Crippen molar-refractivity contribution in [3.8, 4) is 0 Å². The van der Waals surface area contributed by atoms with Gasteiger partial charge in [-0.1, -0.05) is 52.8 Å². The van der Waals surface area contributed by atoms with Crippen molar-refractivity contribution in [3.63, 3.8) is 0 Å². The number of rotatable bonds is 3. The molecular formula is C15H27N. The Morgan fingerprint density at radius 3 is 1.94 bits per heavy atom.